The van der Waals surface area contributed by atoms with Crippen molar-refractivity contribution in [3.63, 3.8) is 0 Å². The summed E-state index contributed by atoms with van der Waals surface area (Å²) in [4.78, 5) is 28.0. The summed E-state index contributed by atoms with van der Waals surface area (Å²) < 4.78 is 1.79. The molecule has 0 radical (unpaired) electrons. The highest BCUT2D eigenvalue weighted by Crippen LogP contribution is 2.26. The van der Waals surface area contributed by atoms with Gasteiger partial charge in [-0.15, -0.1) is 0 Å². The van der Waals surface area contributed by atoms with Crippen molar-refractivity contribution in [1.82, 2.24) is 14.8 Å². The van der Waals surface area contributed by atoms with Gasteiger partial charge in [0.05, 0.1) is 27.9 Å². The van der Waals surface area contributed by atoms with E-state index in [-0.39, 0.29) is 11.6 Å². The number of hydrogen-bond donors (Lipinski definition) is 1. The van der Waals surface area contributed by atoms with Crippen LogP contribution in [0.3, 0.4) is 0 Å². The molecule has 2 aromatic heterocycles. The van der Waals surface area contributed by atoms with Crippen LogP contribution in [-0.2, 0) is 6.54 Å². The van der Waals surface area contributed by atoms with Gasteiger partial charge in [-0.05, 0) is 31.2 Å². The first-order valence-corrected chi connectivity index (χ1v) is 9.03. The molecule has 29 heavy (non-hydrogen) atoms. The van der Waals surface area contributed by atoms with Gasteiger partial charge in [0.15, 0.2) is 0 Å². The molecule has 0 unspecified atom stereocenters. The molecule has 0 spiro atoms. The highest BCUT2D eigenvalue weighted by molar-refractivity contribution is 6.13. The molecule has 0 aliphatic heterocycles. The molecule has 0 bridgehead atoms. The van der Waals surface area contributed by atoms with Crippen molar-refractivity contribution in [3.8, 4) is 11.3 Å². The molecule has 2 aromatic carbocycles. The zero-order valence-corrected chi connectivity index (χ0v) is 15.6. The van der Waals surface area contributed by atoms with Gasteiger partial charge in [0, 0.05) is 41.5 Å². The Bertz CT molecular complexity index is 1210. The molecule has 0 fully saturated rings. The molecule has 0 aliphatic rings. The molecule has 0 saturated heterocycles. The van der Waals surface area contributed by atoms with Gasteiger partial charge < -0.3 is 5.32 Å². The van der Waals surface area contributed by atoms with E-state index in [1.165, 1.54) is 24.3 Å². The first kappa shape index (κ1) is 18.3. The molecule has 8 heteroatoms. The van der Waals surface area contributed by atoms with Crippen molar-refractivity contribution < 1.29 is 9.72 Å². The van der Waals surface area contributed by atoms with Crippen molar-refractivity contribution in [2.75, 3.05) is 5.32 Å². The van der Waals surface area contributed by atoms with Gasteiger partial charge in [-0.1, -0.05) is 18.2 Å². The van der Waals surface area contributed by atoms with E-state index in [4.69, 9.17) is 0 Å². The maximum atomic E-state index is 13.0. The molecule has 0 saturated carbocycles. The summed E-state index contributed by atoms with van der Waals surface area (Å²) in [6.45, 7) is 2.73. The number of nitro groups is 1. The number of fused-ring (bicyclic) bond motifs is 1. The number of aromatic nitrogens is 3. The second-order valence-electron chi connectivity index (χ2n) is 6.42. The van der Waals surface area contributed by atoms with E-state index in [9.17, 15) is 14.9 Å². The average Bonchev–Trinajstić information content (AvgIpc) is 3.22. The number of pyridine rings is 1. The number of non-ortho nitro benzene ring substituents is 1. The number of para-hydroxylation sites is 1. The van der Waals surface area contributed by atoms with Crippen LogP contribution in [0.15, 0.2) is 67.0 Å². The number of aryl methyl sites for hydroxylation is 1. The third-order valence-electron chi connectivity index (χ3n) is 4.55. The third-order valence-corrected chi connectivity index (χ3v) is 4.55. The predicted octanol–water partition coefficient (Wildman–Crippen LogP) is 4.28. The Balaban J connectivity index is 1.73. The molecule has 1 N–H and O–H groups in total. The molecule has 0 aliphatic carbocycles. The lowest BCUT2D eigenvalue weighted by molar-refractivity contribution is -0.384. The summed E-state index contributed by atoms with van der Waals surface area (Å²) in [5.74, 6) is -0.318. The van der Waals surface area contributed by atoms with Crippen LogP contribution in [0.25, 0.3) is 22.2 Å². The van der Waals surface area contributed by atoms with E-state index in [1.807, 2.05) is 37.4 Å². The Morgan fingerprint density at radius 2 is 1.93 bits per heavy atom. The fraction of sp³-hybridized carbons (Fsp3) is 0.0952. The van der Waals surface area contributed by atoms with Crippen molar-refractivity contribution >= 4 is 28.2 Å². The highest BCUT2D eigenvalue weighted by atomic mass is 16.6. The largest absolute Gasteiger partial charge is 0.322 e. The number of nitrogens with zero attached hydrogens (tertiary/aromatic N) is 4. The minimum atomic E-state index is -0.481. The normalized spacial score (nSPS) is 10.8. The van der Waals surface area contributed by atoms with Crippen LogP contribution in [0.5, 0.6) is 0 Å². The van der Waals surface area contributed by atoms with E-state index in [0.717, 1.165) is 17.5 Å². The van der Waals surface area contributed by atoms with Crippen LogP contribution >= 0.6 is 0 Å². The number of benzene rings is 2. The van der Waals surface area contributed by atoms with Crippen LogP contribution in [0.4, 0.5) is 11.4 Å². The fourth-order valence-corrected chi connectivity index (χ4v) is 3.04. The van der Waals surface area contributed by atoms with Gasteiger partial charge in [0.2, 0.25) is 0 Å². The summed E-state index contributed by atoms with van der Waals surface area (Å²) in [6, 6.07) is 14.9. The number of nitrogens with one attached hydrogen (secondary N) is 1. The van der Waals surface area contributed by atoms with Crippen LogP contribution in [0, 0.1) is 10.1 Å². The maximum absolute atomic E-state index is 13.0. The Labute approximate surface area is 166 Å². The van der Waals surface area contributed by atoms with Gasteiger partial charge in [0.1, 0.15) is 0 Å². The van der Waals surface area contributed by atoms with Crippen LogP contribution in [0.2, 0.25) is 0 Å². The topological polar surface area (TPSA) is 103 Å². The van der Waals surface area contributed by atoms with Gasteiger partial charge in [-0.3, -0.25) is 19.6 Å². The highest BCUT2D eigenvalue weighted by Gasteiger charge is 2.15. The Hall–Kier alpha value is -4.07. The molecule has 8 nitrogen and oxygen atoms in total. The summed E-state index contributed by atoms with van der Waals surface area (Å²) in [6.07, 6.45) is 3.60. The maximum Gasteiger partial charge on any atom is 0.269 e. The number of anilines is 1. The van der Waals surface area contributed by atoms with Crippen LogP contribution in [-0.4, -0.2) is 25.6 Å². The minimum absolute atomic E-state index is 0.0346. The first-order chi connectivity index (χ1) is 14.0. The standard InChI is InChI=1S/C21H17N5O3/c1-2-25-13-14(12-22-25)20-11-18(17-5-3-4-6-19(17)24-20)21(27)23-15-7-9-16(10-8-15)26(28)29/h3-13H,2H2,1H3,(H,23,27). The quantitative estimate of drug-likeness (QED) is 0.407. The summed E-state index contributed by atoms with van der Waals surface area (Å²) in [5.41, 5.74) is 3.07. The fourth-order valence-electron chi connectivity index (χ4n) is 3.04. The molecule has 4 rings (SSSR count). The van der Waals surface area contributed by atoms with Crippen molar-refractivity contribution in [3.05, 3.63) is 82.7 Å². The van der Waals surface area contributed by atoms with Crippen LogP contribution in [0.1, 0.15) is 17.3 Å². The average molecular weight is 387 g/mol. The number of rotatable bonds is 5. The van der Waals surface area contributed by atoms with Crippen molar-refractivity contribution in [1.29, 1.82) is 0 Å². The first-order valence-electron chi connectivity index (χ1n) is 9.03. The van der Waals surface area contributed by atoms with E-state index >= 15 is 0 Å². The zero-order valence-electron chi connectivity index (χ0n) is 15.6. The lowest BCUT2D eigenvalue weighted by Crippen LogP contribution is -2.13. The lowest BCUT2D eigenvalue weighted by Gasteiger charge is -2.10. The molecule has 2 heterocycles. The summed E-state index contributed by atoms with van der Waals surface area (Å²) >= 11 is 0. The molecular weight excluding hydrogens is 370 g/mol. The van der Waals surface area contributed by atoms with Crippen LogP contribution < -0.4 is 5.32 Å². The molecule has 144 valence electrons. The van der Waals surface area contributed by atoms with Gasteiger partial charge in [-0.25, -0.2) is 4.98 Å². The number of carbonyl (C=O) groups is 1. The minimum Gasteiger partial charge on any atom is -0.322 e. The summed E-state index contributed by atoms with van der Waals surface area (Å²) in [5, 5.41) is 18.6. The van der Waals surface area contributed by atoms with E-state index in [1.54, 1.807) is 16.9 Å². The predicted molar refractivity (Wildman–Crippen MR) is 110 cm³/mol. The third kappa shape index (κ3) is 3.68. The monoisotopic (exact) mass is 387 g/mol. The van der Waals surface area contributed by atoms with Gasteiger partial charge in [-0.2, -0.15) is 5.10 Å². The number of nitro benzene ring substituents is 1. The Morgan fingerprint density at radius 1 is 1.17 bits per heavy atom. The number of amides is 1. The zero-order chi connectivity index (χ0) is 20.4. The molecule has 4 aromatic rings. The molecule has 0 atom stereocenters. The molecule has 1 amide bonds. The second kappa shape index (κ2) is 7.51. The number of hydrogen-bond acceptors (Lipinski definition) is 5. The van der Waals surface area contributed by atoms with E-state index in [2.05, 4.69) is 15.4 Å². The smallest absolute Gasteiger partial charge is 0.269 e. The number of carbonyl (C=O) groups excluding carboxylic acids is 1. The second-order valence-corrected chi connectivity index (χ2v) is 6.42. The van der Waals surface area contributed by atoms with E-state index in [0.29, 0.717) is 22.5 Å². The van der Waals surface area contributed by atoms with E-state index < -0.39 is 4.92 Å². The lowest BCUT2D eigenvalue weighted by atomic mass is 10.0. The molecular formula is C21H17N5O3. The van der Waals surface area contributed by atoms with Gasteiger partial charge in [0.25, 0.3) is 11.6 Å². The summed E-state index contributed by atoms with van der Waals surface area (Å²) in [7, 11) is 0. The van der Waals surface area contributed by atoms with Gasteiger partial charge >= 0.3 is 0 Å². The van der Waals surface area contributed by atoms with Crippen molar-refractivity contribution in [2.24, 2.45) is 0 Å². The van der Waals surface area contributed by atoms with Crippen molar-refractivity contribution in [2.45, 2.75) is 13.5 Å². The SMILES string of the molecule is CCn1cc(-c2cc(C(=O)Nc3ccc([N+](=O)[O-])cc3)c3ccccc3n2)cn1. The Kier molecular flexibility index (Phi) is 4.74. The Morgan fingerprint density at radius 3 is 2.62 bits per heavy atom.